The quantitative estimate of drug-likeness (QED) is 0.702. The lowest BCUT2D eigenvalue weighted by molar-refractivity contribution is -0.111. The molecule has 0 saturated carbocycles. The molecule has 0 bridgehead atoms. The van der Waals surface area contributed by atoms with E-state index in [1.807, 2.05) is 13.8 Å². The van der Waals surface area contributed by atoms with Gasteiger partial charge in [-0.05, 0) is 30.7 Å². The second kappa shape index (κ2) is 9.67. The van der Waals surface area contributed by atoms with Crippen LogP contribution >= 0.6 is 0 Å². The molecule has 1 aliphatic rings. The van der Waals surface area contributed by atoms with Gasteiger partial charge in [0.2, 0.25) is 0 Å². The third kappa shape index (κ3) is 4.76. The zero-order valence-electron chi connectivity index (χ0n) is 17.6. The maximum Gasteiger partial charge on any atom is 0.293 e. The Morgan fingerprint density at radius 1 is 1.27 bits per heavy atom. The van der Waals surface area contributed by atoms with Crippen LogP contribution in [0.2, 0.25) is 0 Å². The van der Waals surface area contributed by atoms with Gasteiger partial charge in [-0.2, -0.15) is 0 Å². The second-order valence-electron chi connectivity index (χ2n) is 7.55. The molecule has 2 unspecified atom stereocenters. The summed E-state index contributed by atoms with van der Waals surface area (Å²) in [6, 6.07) is 6.98. The molecule has 1 fully saturated rings. The lowest BCUT2D eigenvalue weighted by Gasteiger charge is -2.26. The minimum absolute atomic E-state index is 0.0328. The minimum Gasteiger partial charge on any atom is -0.378 e. The fourth-order valence-electron chi connectivity index (χ4n) is 3.62. The molecule has 30 heavy (non-hydrogen) atoms. The number of hydrogen-bond acceptors (Lipinski definition) is 6. The summed E-state index contributed by atoms with van der Waals surface area (Å²) in [6.07, 6.45) is 3.34. The first-order valence-corrected chi connectivity index (χ1v) is 10.2. The van der Waals surface area contributed by atoms with Crippen molar-refractivity contribution in [1.82, 2.24) is 14.5 Å². The van der Waals surface area contributed by atoms with Crippen LogP contribution in [0.1, 0.15) is 42.2 Å². The highest BCUT2D eigenvalue weighted by atomic mass is 16.5. The first-order chi connectivity index (χ1) is 14.4. The van der Waals surface area contributed by atoms with Crippen LogP contribution < -0.4 is 10.9 Å². The number of benzene rings is 1. The van der Waals surface area contributed by atoms with Crippen LogP contribution in [-0.2, 0) is 16.6 Å². The highest BCUT2D eigenvalue weighted by Crippen LogP contribution is 2.26. The number of nitrogens with one attached hydrogen (secondary N) is 1. The van der Waals surface area contributed by atoms with Gasteiger partial charge in [-0.3, -0.25) is 9.59 Å². The predicted octanol–water partition coefficient (Wildman–Crippen LogP) is 2.32. The third-order valence-electron chi connectivity index (χ3n) is 5.45. The van der Waals surface area contributed by atoms with Crippen molar-refractivity contribution < 1.29 is 14.3 Å². The molecule has 2 atom stereocenters. The van der Waals surface area contributed by atoms with Crippen molar-refractivity contribution in [3.8, 4) is 0 Å². The Labute approximate surface area is 175 Å². The van der Waals surface area contributed by atoms with E-state index in [1.165, 1.54) is 4.57 Å². The average Bonchev–Trinajstić information content (AvgIpc) is 2.78. The number of amides is 1. The fourth-order valence-corrected chi connectivity index (χ4v) is 3.62. The summed E-state index contributed by atoms with van der Waals surface area (Å²) >= 11 is 0. The van der Waals surface area contributed by atoms with E-state index in [9.17, 15) is 14.4 Å². The molecule has 8 heteroatoms. The Morgan fingerprint density at radius 3 is 2.53 bits per heavy atom. The Bertz CT molecular complexity index is 949. The standard InChI is InChI=1S/C22H28N4O4/c1-4-18(15(2)14-27)19-13-25(3)22(29)20(24-19)23-17-7-5-16(6-8-17)21(28)26-9-11-30-12-10-26/h5-8,13-15,18H,4,9-12H2,1-3H3,(H,23,24). The molecular weight excluding hydrogens is 384 g/mol. The van der Waals surface area contributed by atoms with Crippen LogP contribution in [0.25, 0.3) is 0 Å². The van der Waals surface area contributed by atoms with Gasteiger partial charge < -0.3 is 24.3 Å². The number of rotatable bonds is 7. The van der Waals surface area contributed by atoms with Gasteiger partial charge >= 0.3 is 0 Å². The first-order valence-electron chi connectivity index (χ1n) is 10.2. The van der Waals surface area contributed by atoms with Crippen molar-refractivity contribution >= 4 is 23.7 Å². The summed E-state index contributed by atoms with van der Waals surface area (Å²) in [7, 11) is 1.67. The maximum atomic E-state index is 12.6. The van der Waals surface area contributed by atoms with Crippen LogP contribution in [0.4, 0.5) is 11.5 Å². The number of anilines is 2. The molecule has 1 N–H and O–H groups in total. The Hall–Kier alpha value is -3.00. The van der Waals surface area contributed by atoms with Gasteiger partial charge in [0.15, 0.2) is 5.82 Å². The second-order valence-corrected chi connectivity index (χ2v) is 7.55. The molecule has 0 spiro atoms. The van der Waals surface area contributed by atoms with Crippen LogP contribution in [-0.4, -0.2) is 52.9 Å². The Balaban J connectivity index is 1.81. The highest BCUT2D eigenvalue weighted by Gasteiger charge is 2.21. The van der Waals surface area contributed by atoms with Gasteiger partial charge in [-0.25, -0.2) is 4.98 Å². The van der Waals surface area contributed by atoms with E-state index in [-0.39, 0.29) is 29.1 Å². The SMILES string of the molecule is CCC(c1cn(C)c(=O)c(Nc2ccc(C(=O)N3CCOCC3)cc2)n1)C(C)C=O. The van der Waals surface area contributed by atoms with Gasteiger partial charge in [-0.1, -0.05) is 13.8 Å². The molecule has 8 nitrogen and oxygen atoms in total. The number of aldehydes is 1. The van der Waals surface area contributed by atoms with E-state index in [0.29, 0.717) is 43.2 Å². The molecule has 3 rings (SSSR count). The highest BCUT2D eigenvalue weighted by molar-refractivity contribution is 5.94. The Kier molecular flexibility index (Phi) is 6.99. The molecule has 1 saturated heterocycles. The van der Waals surface area contributed by atoms with Crippen LogP contribution in [0.15, 0.2) is 35.3 Å². The van der Waals surface area contributed by atoms with E-state index >= 15 is 0 Å². The van der Waals surface area contributed by atoms with Crippen LogP contribution in [0.5, 0.6) is 0 Å². The summed E-state index contributed by atoms with van der Waals surface area (Å²) in [4.78, 5) is 42.7. The zero-order chi connectivity index (χ0) is 21.7. The van der Waals surface area contributed by atoms with Gasteiger partial charge in [0.05, 0.1) is 18.9 Å². The largest absolute Gasteiger partial charge is 0.378 e. The summed E-state index contributed by atoms with van der Waals surface area (Å²) in [5, 5.41) is 3.06. The molecule has 1 aromatic carbocycles. The number of aryl methyl sites for hydroxylation is 1. The fraction of sp³-hybridized carbons (Fsp3) is 0.455. The van der Waals surface area contributed by atoms with E-state index in [2.05, 4.69) is 10.3 Å². The van der Waals surface area contributed by atoms with E-state index in [1.54, 1.807) is 42.4 Å². The predicted molar refractivity (Wildman–Crippen MR) is 114 cm³/mol. The summed E-state index contributed by atoms with van der Waals surface area (Å²) in [6.45, 7) is 6.13. The third-order valence-corrected chi connectivity index (χ3v) is 5.45. The van der Waals surface area contributed by atoms with Gasteiger partial charge in [0, 0.05) is 49.4 Å². The number of hydrogen-bond donors (Lipinski definition) is 1. The summed E-state index contributed by atoms with van der Waals surface area (Å²) < 4.78 is 6.76. The van der Waals surface area contributed by atoms with Crippen molar-refractivity contribution in [3.05, 3.63) is 52.1 Å². The van der Waals surface area contributed by atoms with Crippen molar-refractivity contribution in [2.75, 3.05) is 31.6 Å². The zero-order valence-corrected chi connectivity index (χ0v) is 17.6. The monoisotopic (exact) mass is 412 g/mol. The van der Waals surface area contributed by atoms with E-state index in [0.717, 1.165) is 12.7 Å². The minimum atomic E-state index is -0.263. The summed E-state index contributed by atoms with van der Waals surface area (Å²) in [5.41, 5.74) is 1.68. The van der Waals surface area contributed by atoms with Gasteiger partial charge in [-0.15, -0.1) is 0 Å². The molecular formula is C22H28N4O4. The molecule has 0 radical (unpaired) electrons. The number of aromatic nitrogens is 2. The van der Waals surface area contributed by atoms with Crippen molar-refractivity contribution in [1.29, 1.82) is 0 Å². The normalized spacial score (nSPS) is 16.0. The molecule has 2 heterocycles. The summed E-state index contributed by atoms with van der Waals surface area (Å²) in [5.74, 6) is -0.102. The number of carbonyl (C=O) groups excluding carboxylic acids is 2. The van der Waals surface area contributed by atoms with Crippen molar-refractivity contribution in [2.45, 2.75) is 26.2 Å². The number of ether oxygens (including phenoxy) is 1. The molecule has 1 amide bonds. The molecule has 2 aromatic rings. The lowest BCUT2D eigenvalue weighted by atomic mass is 9.90. The average molecular weight is 412 g/mol. The topological polar surface area (TPSA) is 93.5 Å². The van der Waals surface area contributed by atoms with Crippen molar-refractivity contribution in [2.24, 2.45) is 13.0 Å². The van der Waals surface area contributed by atoms with Gasteiger partial charge in [0.25, 0.3) is 11.5 Å². The van der Waals surface area contributed by atoms with E-state index in [4.69, 9.17) is 4.74 Å². The number of nitrogens with zero attached hydrogens (tertiary/aromatic N) is 3. The van der Waals surface area contributed by atoms with Crippen LogP contribution in [0.3, 0.4) is 0 Å². The molecule has 1 aromatic heterocycles. The molecule has 1 aliphatic heterocycles. The number of morpholine rings is 1. The van der Waals surface area contributed by atoms with Crippen molar-refractivity contribution in [3.63, 3.8) is 0 Å². The molecule has 0 aliphatic carbocycles. The first kappa shape index (κ1) is 21.7. The van der Waals surface area contributed by atoms with Crippen LogP contribution in [0, 0.1) is 5.92 Å². The van der Waals surface area contributed by atoms with E-state index < -0.39 is 0 Å². The smallest absolute Gasteiger partial charge is 0.293 e. The maximum absolute atomic E-state index is 12.6. The molecule has 160 valence electrons. The lowest BCUT2D eigenvalue weighted by Crippen LogP contribution is -2.40. The Morgan fingerprint density at radius 2 is 1.93 bits per heavy atom. The van der Waals surface area contributed by atoms with Gasteiger partial charge in [0.1, 0.15) is 6.29 Å². The number of carbonyl (C=O) groups is 2.